The molecule has 2 atom stereocenters. The maximum Gasteiger partial charge on any atom is 0.256 e. The van der Waals surface area contributed by atoms with Crippen LogP contribution in [0.25, 0.3) is 0 Å². The van der Waals surface area contributed by atoms with E-state index in [0.29, 0.717) is 12.0 Å². The Balaban J connectivity index is 2.17. The molecule has 0 unspecified atom stereocenters. The van der Waals surface area contributed by atoms with E-state index in [-0.39, 0.29) is 23.4 Å². The number of benzene rings is 2. The van der Waals surface area contributed by atoms with Gasteiger partial charge in [0, 0.05) is 24.4 Å². The summed E-state index contributed by atoms with van der Waals surface area (Å²) in [5, 5.41) is 0. The molecule has 0 radical (unpaired) electrons. The number of carbonyl (C=O) groups excluding carboxylic acids is 2. The normalized spacial score (nSPS) is 22.4. The summed E-state index contributed by atoms with van der Waals surface area (Å²) in [6.45, 7) is 10.1. The summed E-state index contributed by atoms with van der Waals surface area (Å²) in [5.41, 5.74) is 0.112. The molecule has 28 heavy (non-hydrogen) atoms. The van der Waals surface area contributed by atoms with Gasteiger partial charge in [-0.2, -0.15) is 0 Å². The molecule has 0 spiro atoms. The molecule has 1 saturated heterocycles. The fourth-order valence-corrected chi connectivity index (χ4v) is 4.22. The zero-order chi connectivity index (χ0) is 20.5. The summed E-state index contributed by atoms with van der Waals surface area (Å²) < 4.78 is 0. The fraction of sp³-hybridized carbons (Fsp3) is 0.333. The number of amides is 2. The van der Waals surface area contributed by atoms with Crippen LogP contribution in [0, 0.1) is 5.41 Å². The molecule has 1 fully saturated rings. The van der Waals surface area contributed by atoms with Crippen LogP contribution in [0.2, 0.25) is 0 Å². The standard InChI is InChI=1S/C24H28N2O2/c1-6-24(17-18-13-9-7-10-14-18)22(28)25(5)21(23(2,3)4)26(24)20(27)19-15-11-8-12-16-19/h6-16,21H,1,17H2,2-5H3/t21-,24-/m0/s1. The van der Waals surface area contributed by atoms with Crippen molar-refractivity contribution in [2.24, 2.45) is 5.41 Å². The summed E-state index contributed by atoms with van der Waals surface area (Å²) in [4.78, 5) is 30.6. The maximum absolute atomic E-state index is 13.7. The lowest BCUT2D eigenvalue weighted by molar-refractivity contribution is -0.131. The number of likely N-dealkylation sites (N-methyl/N-ethyl adjacent to an activating group) is 1. The lowest BCUT2D eigenvalue weighted by Gasteiger charge is -2.42. The number of carbonyl (C=O) groups is 2. The highest BCUT2D eigenvalue weighted by atomic mass is 16.2. The second kappa shape index (κ2) is 7.27. The van der Waals surface area contributed by atoms with Crippen molar-refractivity contribution in [3.05, 3.63) is 84.4 Å². The van der Waals surface area contributed by atoms with Crippen molar-refractivity contribution in [2.45, 2.75) is 38.9 Å². The van der Waals surface area contributed by atoms with Crippen LogP contribution in [0.5, 0.6) is 0 Å². The molecule has 4 nitrogen and oxygen atoms in total. The molecule has 0 bridgehead atoms. The minimum absolute atomic E-state index is 0.101. The van der Waals surface area contributed by atoms with Crippen LogP contribution in [0.1, 0.15) is 36.7 Å². The van der Waals surface area contributed by atoms with Crippen LogP contribution in [0.15, 0.2) is 73.3 Å². The first-order valence-electron chi connectivity index (χ1n) is 9.56. The molecule has 0 saturated carbocycles. The molecule has 2 aromatic rings. The van der Waals surface area contributed by atoms with Crippen molar-refractivity contribution < 1.29 is 9.59 Å². The van der Waals surface area contributed by atoms with Gasteiger partial charge >= 0.3 is 0 Å². The fourth-order valence-electron chi connectivity index (χ4n) is 4.22. The van der Waals surface area contributed by atoms with Crippen LogP contribution < -0.4 is 0 Å². The van der Waals surface area contributed by atoms with Crippen molar-refractivity contribution in [3.8, 4) is 0 Å². The third-order valence-corrected chi connectivity index (χ3v) is 5.40. The quantitative estimate of drug-likeness (QED) is 0.753. The third kappa shape index (κ3) is 3.24. The Bertz CT molecular complexity index is 870. The van der Waals surface area contributed by atoms with Gasteiger partial charge in [0.1, 0.15) is 11.7 Å². The Morgan fingerprint density at radius 2 is 1.61 bits per heavy atom. The van der Waals surface area contributed by atoms with Gasteiger partial charge in [0.15, 0.2) is 0 Å². The van der Waals surface area contributed by atoms with Gasteiger partial charge in [0.05, 0.1) is 0 Å². The predicted molar refractivity (Wildman–Crippen MR) is 112 cm³/mol. The first-order chi connectivity index (χ1) is 13.2. The van der Waals surface area contributed by atoms with Crippen molar-refractivity contribution in [1.82, 2.24) is 9.80 Å². The number of hydrogen-bond donors (Lipinski definition) is 0. The van der Waals surface area contributed by atoms with E-state index in [9.17, 15) is 9.59 Å². The first kappa shape index (κ1) is 19.9. The Morgan fingerprint density at radius 3 is 2.11 bits per heavy atom. The SMILES string of the molecule is C=C[C@]1(Cc2ccccc2)C(=O)N(C)[C@H](C(C)(C)C)N1C(=O)c1ccccc1. The molecule has 0 aliphatic carbocycles. The van der Waals surface area contributed by atoms with Gasteiger partial charge in [-0.05, 0) is 17.7 Å². The van der Waals surface area contributed by atoms with Gasteiger partial charge in [-0.1, -0.05) is 75.4 Å². The maximum atomic E-state index is 13.7. The smallest absolute Gasteiger partial charge is 0.256 e. The minimum atomic E-state index is -1.12. The van der Waals surface area contributed by atoms with Crippen LogP contribution in [-0.2, 0) is 11.2 Å². The molecule has 1 heterocycles. The van der Waals surface area contributed by atoms with Crippen molar-refractivity contribution >= 4 is 11.8 Å². The number of rotatable bonds is 4. The van der Waals surface area contributed by atoms with Gasteiger partial charge in [0.2, 0.25) is 0 Å². The van der Waals surface area contributed by atoms with E-state index in [2.05, 4.69) is 27.4 Å². The minimum Gasteiger partial charge on any atom is -0.322 e. The van der Waals surface area contributed by atoms with E-state index in [1.54, 1.807) is 35.1 Å². The molecule has 146 valence electrons. The largest absolute Gasteiger partial charge is 0.322 e. The molecular weight excluding hydrogens is 348 g/mol. The molecule has 3 rings (SSSR count). The van der Waals surface area contributed by atoms with E-state index >= 15 is 0 Å². The van der Waals surface area contributed by atoms with Crippen molar-refractivity contribution in [3.63, 3.8) is 0 Å². The molecule has 2 amide bonds. The second-order valence-electron chi connectivity index (χ2n) is 8.49. The van der Waals surface area contributed by atoms with E-state index in [1.165, 1.54) is 0 Å². The Hall–Kier alpha value is -2.88. The molecule has 0 N–H and O–H groups in total. The van der Waals surface area contributed by atoms with Gasteiger partial charge in [-0.3, -0.25) is 14.5 Å². The molecule has 2 aromatic carbocycles. The summed E-state index contributed by atoms with van der Waals surface area (Å²) in [6.07, 6.45) is 1.66. The number of hydrogen-bond acceptors (Lipinski definition) is 2. The van der Waals surface area contributed by atoms with Gasteiger partial charge in [-0.25, -0.2) is 0 Å². The zero-order valence-corrected chi connectivity index (χ0v) is 17.1. The summed E-state index contributed by atoms with van der Waals surface area (Å²) >= 11 is 0. The van der Waals surface area contributed by atoms with Crippen LogP contribution in [0.3, 0.4) is 0 Å². The highest BCUT2D eigenvalue weighted by molar-refractivity contribution is 6.03. The van der Waals surface area contributed by atoms with Gasteiger partial charge in [-0.15, -0.1) is 6.58 Å². The average Bonchev–Trinajstić information content (AvgIpc) is 2.91. The Morgan fingerprint density at radius 1 is 1.07 bits per heavy atom. The monoisotopic (exact) mass is 376 g/mol. The molecule has 4 heteroatoms. The topological polar surface area (TPSA) is 40.6 Å². The van der Waals surface area contributed by atoms with E-state index in [4.69, 9.17) is 0 Å². The molecule has 0 aromatic heterocycles. The lowest BCUT2D eigenvalue weighted by Crippen LogP contribution is -2.56. The Kier molecular flexibility index (Phi) is 5.16. The van der Waals surface area contributed by atoms with Crippen LogP contribution >= 0.6 is 0 Å². The van der Waals surface area contributed by atoms with Gasteiger partial charge < -0.3 is 4.90 Å². The van der Waals surface area contributed by atoms with E-state index < -0.39 is 5.54 Å². The summed E-state index contributed by atoms with van der Waals surface area (Å²) in [7, 11) is 1.78. The molecular formula is C24H28N2O2. The second-order valence-corrected chi connectivity index (χ2v) is 8.49. The lowest BCUT2D eigenvalue weighted by atomic mass is 9.86. The van der Waals surface area contributed by atoms with Crippen molar-refractivity contribution in [1.29, 1.82) is 0 Å². The summed E-state index contributed by atoms with van der Waals surface area (Å²) in [5.74, 6) is -0.260. The predicted octanol–water partition coefficient (Wildman–Crippen LogP) is 4.14. The van der Waals surface area contributed by atoms with Crippen LogP contribution in [0.4, 0.5) is 0 Å². The first-order valence-corrected chi connectivity index (χ1v) is 9.56. The average molecular weight is 377 g/mol. The number of nitrogens with zero attached hydrogens (tertiary/aromatic N) is 2. The zero-order valence-electron chi connectivity index (χ0n) is 17.1. The van der Waals surface area contributed by atoms with E-state index in [0.717, 1.165) is 5.56 Å². The molecule has 1 aliphatic rings. The van der Waals surface area contributed by atoms with E-state index in [1.807, 2.05) is 48.5 Å². The Labute approximate surface area is 167 Å². The highest BCUT2D eigenvalue weighted by Crippen LogP contribution is 2.42. The molecule has 1 aliphatic heterocycles. The van der Waals surface area contributed by atoms with Crippen molar-refractivity contribution in [2.75, 3.05) is 7.05 Å². The summed E-state index contributed by atoms with van der Waals surface area (Å²) in [6, 6.07) is 18.9. The highest BCUT2D eigenvalue weighted by Gasteiger charge is 2.59. The van der Waals surface area contributed by atoms with Crippen LogP contribution in [-0.4, -0.2) is 40.4 Å². The van der Waals surface area contributed by atoms with Gasteiger partial charge in [0.25, 0.3) is 11.8 Å². The third-order valence-electron chi connectivity index (χ3n) is 5.40.